The van der Waals surface area contributed by atoms with E-state index in [0.717, 1.165) is 5.56 Å². The van der Waals surface area contributed by atoms with E-state index in [4.69, 9.17) is 11.6 Å². The van der Waals surface area contributed by atoms with Crippen LogP contribution in [0.1, 0.15) is 29.7 Å². The number of imidazole rings is 1. The van der Waals surface area contributed by atoms with Crippen molar-refractivity contribution in [2.75, 3.05) is 18.8 Å². The van der Waals surface area contributed by atoms with Gasteiger partial charge in [0.05, 0.1) is 19.1 Å². The molecule has 1 aromatic heterocycles. The van der Waals surface area contributed by atoms with Crippen LogP contribution >= 0.6 is 21.6 Å². The van der Waals surface area contributed by atoms with E-state index in [9.17, 15) is 10.4 Å². The Morgan fingerprint density at radius 1 is 1.41 bits per heavy atom. The third-order valence-electron chi connectivity index (χ3n) is 4.57. The molecule has 1 fully saturated rings. The van der Waals surface area contributed by atoms with E-state index in [1.807, 2.05) is 6.07 Å². The van der Waals surface area contributed by atoms with E-state index >= 15 is 4.39 Å². The summed E-state index contributed by atoms with van der Waals surface area (Å²) in [4.78, 5) is 3.92. The second-order valence-electron chi connectivity index (χ2n) is 7.60. The van der Waals surface area contributed by atoms with Crippen LogP contribution in [0.2, 0.25) is 5.02 Å². The van der Waals surface area contributed by atoms with Crippen molar-refractivity contribution in [1.29, 1.82) is 5.26 Å². The first-order valence-electron chi connectivity index (χ1n) is 8.41. The van der Waals surface area contributed by atoms with Gasteiger partial charge in [-0.1, -0.05) is 23.6 Å². The molecule has 1 saturated carbocycles. The first kappa shape index (κ1) is 19.8. The molecule has 3 rings (SSSR count). The fourth-order valence-electron chi connectivity index (χ4n) is 2.92. The summed E-state index contributed by atoms with van der Waals surface area (Å²) in [6.45, 7) is -0.136. The largest absolute Gasteiger partial charge is 0.380 e. The molecular weight excluding hydrogens is 385 g/mol. The Bertz CT molecular complexity index is 976. The average molecular weight is 406 g/mol. The van der Waals surface area contributed by atoms with Crippen LogP contribution in [-0.4, -0.2) is 39.1 Å². The lowest BCUT2D eigenvalue weighted by Gasteiger charge is -2.33. The second-order valence-corrected chi connectivity index (χ2v) is 11.9. The SMILES string of the molecule is CS(C)(C)C#Cc1ccc(C(O)(Cn2cncc2C#N)C2(F)CC2)c(Cl)c1. The van der Waals surface area contributed by atoms with Gasteiger partial charge in [-0.25, -0.2) is 9.37 Å². The highest BCUT2D eigenvalue weighted by Gasteiger charge is 2.61. The van der Waals surface area contributed by atoms with Crippen LogP contribution in [0.3, 0.4) is 0 Å². The van der Waals surface area contributed by atoms with Gasteiger partial charge in [0, 0.05) is 16.1 Å². The molecule has 27 heavy (non-hydrogen) atoms. The molecule has 0 saturated heterocycles. The Kier molecular flexibility index (Phi) is 5.03. The number of benzene rings is 1. The van der Waals surface area contributed by atoms with E-state index in [1.54, 1.807) is 18.2 Å². The number of halogens is 2. The lowest BCUT2D eigenvalue weighted by atomic mass is 9.86. The molecule has 1 N–H and O–H groups in total. The number of nitrogens with zero attached hydrogens (tertiary/aromatic N) is 3. The van der Waals surface area contributed by atoms with Gasteiger partial charge < -0.3 is 9.67 Å². The maximum atomic E-state index is 15.2. The molecule has 1 aliphatic rings. The third-order valence-corrected chi connectivity index (χ3v) is 5.60. The highest BCUT2D eigenvalue weighted by atomic mass is 35.5. The fraction of sp³-hybridized carbons (Fsp3) is 0.400. The molecule has 0 amide bonds. The van der Waals surface area contributed by atoms with E-state index in [1.165, 1.54) is 17.1 Å². The normalized spacial score (nSPS) is 18.0. The van der Waals surface area contributed by atoms with E-state index in [0.29, 0.717) is 5.56 Å². The van der Waals surface area contributed by atoms with Gasteiger partial charge in [-0.2, -0.15) is 15.3 Å². The number of hydrogen-bond acceptors (Lipinski definition) is 3. The smallest absolute Gasteiger partial charge is 0.145 e. The van der Waals surface area contributed by atoms with E-state index in [2.05, 4.69) is 34.9 Å². The number of nitriles is 1. The van der Waals surface area contributed by atoms with Crippen LogP contribution in [0.4, 0.5) is 4.39 Å². The van der Waals surface area contributed by atoms with Gasteiger partial charge in [-0.3, -0.25) is 0 Å². The van der Waals surface area contributed by atoms with Crippen molar-refractivity contribution in [1.82, 2.24) is 9.55 Å². The van der Waals surface area contributed by atoms with Crippen LogP contribution in [0.5, 0.6) is 0 Å². The summed E-state index contributed by atoms with van der Waals surface area (Å²) >= 11 is 6.43. The third kappa shape index (κ3) is 3.99. The van der Waals surface area contributed by atoms with Crippen molar-refractivity contribution >= 4 is 21.6 Å². The summed E-state index contributed by atoms with van der Waals surface area (Å²) in [5.74, 6) is 3.09. The van der Waals surface area contributed by atoms with Crippen LogP contribution in [0, 0.1) is 22.5 Å². The molecule has 1 atom stereocenters. The first-order chi connectivity index (χ1) is 12.6. The number of hydrogen-bond donors (Lipinski definition) is 1. The first-order valence-corrected chi connectivity index (χ1v) is 11.6. The molecule has 2 aromatic rings. The molecule has 1 aliphatic carbocycles. The lowest BCUT2D eigenvalue weighted by Crippen LogP contribution is -2.43. The van der Waals surface area contributed by atoms with Crippen molar-refractivity contribution in [2.45, 2.75) is 30.7 Å². The Morgan fingerprint density at radius 2 is 2.11 bits per heavy atom. The van der Waals surface area contributed by atoms with Gasteiger partial charge in [0.2, 0.25) is 0 Å². The van der Waals surface area contributed by atoms with E-state index in [-0.39, 0.29) is 30.1 Å². The molecular formula is C20H21ClFN3OS. The minimum Gasteiger partial charge on any atom is -0.380 e. The Hall–Kier alpha value is -1.99. The minimum absolute atomic E-state index is 0.136. The topological polar surface area (TPSA) is 61.8 Å². The van der Waals surface area contributed by atoms with Gasteiger partial charge in [-0.05, 0) is 49.0 Å². The predicted molar refractivity (Wildman–Crippen MR) is 108 cm³/mol. The quantitative estimate of drug-likeness (QED) is 0.787. The van der Waals surface area contributed by atoms with Crippen molar-refractivity contribution in [3.05, 3.63) is 52.6 Å². The van der Waals surface area contributed by atoms with Gasteiger partial charge in [-0.15, -0.1) is 0 Å². The zero-order valence-electron chi connectivity index (χ0n) is 15.5. The van der Waals surface area contributed by atoms with Crippen molar-refractivity contribution in [3.8, 4) is 17.2 Å². The molecule has 7 heteroatoms. The summed E-state index contributed by atoms with van der Waals surface area (Å²) in [7, 11) is -0.983. The van der Waals surface area contributed by atoms with Crippen LogP contribution in [-0.2, 0) is 12.1 Å². The summed E-state index contributed by atoms with van der Waals surface area (Å²) in [5, 5.41) is 24.0. The lowest BCUT2D eigenvalue weighted by molar-refractivity contribution is -0.0697. The van der Waals surface area contributed by atoms with Crippen LogP contribution in [0.25, 0.3) is 0 Å². The summed E-state index contributed by atoms with van der Waals surface area (Å²) in [6, 6.07) is 7.03. The Morgan fingerprint density at radius 3 is 2.67 bits per heavy atom. The second kappa shape index (κ2) is 6.87. The maximum absolute atomic E-state index is 15.2. The Labute approximate surface area is 165 Å². The van der Waals surface area contributed by atoms with Crippen LogP contribution in [0.15, 0.2) is 30.7 Å². The van der Waals surface area contributed by atoms with Gasteiger partial charge in [0.15, 0.2) is 0 Å². The molecule has 1 aromatic carbocycles. The number of aromatic nitrogens is 2. The molecule has 0 radical (unpaired) electrons. The predicted octanol–water partition coefficient (Wildman–Crippen LogP) is 3.80. The maximum Gasteiger partial charge on any atom is 0.145 e. The van der Waals surface area contributed by atoms with Crippen LogP contribution < -0.4 is 0 Å². The molecule has 142 valence electrons. The highest BCUT2D eigenvalue weighted by Crippen LogP contribution is 2.55. The average Bonchev–Trinajstić information content (AvgIpc) is 3.19. The van der Waals surface area contributed by atoms with Gasteiger partial charge in [0.1, 0.15) is 23.0 Å². The molecule has 1 unspecified atom stereocenters. The monoisotopic (exact) mass is 405 g/mol. The standard InChI is InChI=1S/C20H21ClFN3OS/c1-27(2,3)9-6-15-4-5-17(18(21)10-15)20(26,19(22)7-8-19)13-25-14-24-12-16(25)11-23/h4-5,10,12,14,26H,7-8,13H2,1-3H3. The van der Waals surface area contributed by atoms with Gasteiger partial charge >= 0.3 is 0 Å². The van der Waals surface area contributed by atoms with Crippen molar-refractivity contribution < 1.29 is 9.50 Å². The van der Waals surface area contributed by atoms with E-state index < -0.39 is 21.3 Å². The number of rotatable bonds is 4. The van der Waals surface area contributed by atoms with Crippen molar-refractivity contribution in [3.63, 3.8) is 0 Å². The Balaban J connectivity index is 2.01. The molecule has 0 bridgehead atoms. The van der Waals surface area contributed by atoms with Gasteiger partial charge in [0.25, 0.3) is 0 Å². The summed E-state index contributed by atoms with van der Waals surface area (Å²) < 4.78 is 16.6. The molecule has 1 heterocycles. The summed E-state index contributed by atoms with van der Waals surface area (Å²) in [6.07, 6.45) is 9.55. The zero-order valence-corrected chi connectivity index (χ0v) is 17.0. The number of aliphatic hydroxyl groups is 1. The zero-order chi connectivity index (χ0) is 19.9. The molecule has 0 spiro atoms. The molecule has 0 aliphatic heterocycles. The fourth-order valence-corrected chi connectivity index (χ4v) is 3.68. The minimum atomic E-state index is -1.85. The molecule has 4 nitrogen and oxygen atoms in total. The highest BCUT2D eigenvalue weighted by molar-refractivity contribution is 8.35. The van der Waals surface area contributed by atoms with Crippen molar-refractivity contribution in [2.24, 2.45) is 0 Å². The summed E-state index contributed by atoms with van der Waals surface area (Å²) in [5.41, 5.74) is -2.36. The number of alkyl halides is 1.